The van der Waals surface area contributed by atoms with E-state index >= 15 is 0 Å². The van der Waals surface area contributed by atoms with Gasteiger partial charge in [-0.15, -0.1) is 0 Å². The standard InChI is InChI=1S/C27H42N6O6/c1-17(2)22-25(37)29-13-15-39-20-11-8-7-10-18(20)23(35)30-19(24(36)28-12-9-14-33(5)6)16-21(34)32-27(3,4)26(38)31-22/h7-8,10-11,17,19,22H,9,12-16H2,1-6H3,(H,28,36)(H,29,37)(H,30,35)(H,31,38)(H,32,34)/t19-,22+/m0/s1. The third-order valence-electron chi connectivity index (χ3n) is 6.14. The molecule has 0 unspecified atom stereocenters. The van der Waals surface area contributed by atoms with Crippen LogP contribution in [0.15, 0.2) is 24.3 Å². The van der Waals surface area contributed by atoms with Crippen molar-refractivity contribution in [2.24, 2.45) is 5.92 Å². The predicted octanol–water partition coefficient (Wildman–Crippen LogP) is -0.213. The monoisotopic (exact) mass is 546 g/mol. The van der Waals surface area contributed by atoms with E-state index in [1.54, 1.807) is 38.1 Å². The molecule has 12 heteroatoms. The summed E-state index contributed by atoms with van der Waals surface area (Å²) in [5, 5.41) is 13.5. The molecule has 2 rings (SSSR count). The van der Waals surface area contributed by atoms with Gasteiger partial charge in [-0.25, -0.2) is 0 Å². The molecule has 0 saturated heterocycles. The first-order valence-corrected chi connectivity index (χ1v) is 13.2. The molecular weight excluding hydrogens is 504 g/mol. The van der Waals surface area contributed by atoms with Crippen LogP contribution in [0.2, 0.25) is 0 Å². The molecule has 0 aliphatic carbocycles. The Morgan fingerprint density at radius 3 is 2.49 bits per heavy atom. The summed E-state index contributed by atoms with van der Waals surface area (Å²) < 4.78 is 5.75. The summed E-state index contributed by atoms with van der Waals surface area (Å²) in [5.74, 6) is -2.67. The normalized spacial score (nSPS) is 21.0. The number of ether oxygens (including phenoxy) is 1. The Labute approximate surface area is 230 Å². The van der Waals surface area contributed by atoms with Gasteiger partial charge in [0.25, 0.3) is 5.91 Å². The number of rotatable bonds is 6. The van der Waals surface area contributed by atoms with E-state index in [9.17, 15) is 24.0 Å². The molecule has 216 valence electrons. The van der Waals surface area contributed by atoms with Crippen molar-refractivity contribution in [3.8, 4) is 5.75 Å². The molecule has 0 fully saturated rings. The van der Waals surface area contributed by atoms with Crippen LogP contribution in [0.3, 0.4) is 0 Å². The molecule has 2 atom stereocenters. The first kappa shape index (κ1) is 31.5. The van der Waals surface area contributed by atoms with Crippen molar-refractivity contribution in [3.63, 3.8) is 0 Å². The first-order chi connectivity index (χ1) is 18.3. The van der Waals surface area contributed by atoms with Crippen molar-refractivity contribution in [1.82, 2.24) is 31.5 Å². The number of nitrogens with one attached hydrogen (secondary N) is 5. The summed E-state index contributed by atoms with van der Waals surface area (Å²) >= 11 is 0. The second-order valence-corrected chi connectivity index (χ2v) is 10.7. The summed E-state index contributed by atoms with van der Waals surface area (Å²) in [5.41, 5.74) is -1.22. The third-order valence-corrected chi connectivity index (χ3v) is 6.14. The fourth-order valence-electron chi connectivity index (χ4n) is 3.90. The molecule has 0 bridgehead atoms. The van der Waals surface area contributed by atoms with E-state index in [0.717, 1.165) is 6.54 Å². The van der Waals surface area contributed by atoms with Gasteiger partial charge in [0.2, 0.25) is 23.6 Å². The number of fused-ring (bicyclic) bond motifs is 1. The van der Waals surface area contributed by atoms with Crippen LogP contribution in [0.1, 0.15) is 50.9 Å². The van der Waals surface area contributed by atoms with Gasteiger partial charge in [-0.2, -0.15) is 0 Å². The van der Waals surface area contributed by atoms with Crippen molar-refractivity contribution < 1.29 is 28.7 Å². The van der Waals surface area contributed by atoms with Gasteiger partial charge < -0.3 is 36.2 Å². The number of hydrogen-bond acceptors (Lipinski definition) is 7. The van der Waals surface area contributed by atoms with Crippen molar-refractivity contribution >= 4 is 29.5 Å². The zero-order chi connectivity index (χ0) is 29.2. The zero-order valence-corrected chi connectivity index (χ0v) is 23.7. The topological polar surface area (TPSA) is 158 Å². The smallest absolute Gasteiger partial charge is 0.255 e. The number of amides is 5. The van der Waals surface area contributed by atoms with E-state index in [-0.39, 0.29) is 30.4 Å². The Morgan fingerprint density at radius 2 is 1.82 bits per heavy atom. The maximum Gasteiger partial charge on any atom is 0.255 e. The van der Waals surface area contributed by atoms with Crippen molar-refractivity contribution in [2.45, 2.75) is 58.2 Å². The van der Waals surface area contributed by atoms with Gasteiger partial charge in [-0.1, -0.05) is 26.0 Å². The molecule has 1 aromatic rings. The number of benzene rings is 1. The molecule has 0 saturated carbocycles. The van der Waals surface area contributed by atoms with Crippen LogP contribution in [0.5, 0.6) is 5.75 Å². The molecule has 1 aliphatic heterocycles. The number of hydrogen-bond donors (Lipinski definition) is 5. The van der Waals surface area contributed by atoms with E-state index in [2.05, 4.69) is 26.6 Å². The average molecular weight is 547 g/mol. The Balaban J connectivity index is 2.34. The molecule has 1 heterocycles. The third kappa shape index (κ3) is 9.86. The van der Waals surface area contributed by atoms with Gasteiger partial charge in [0, 0.05) is 6.54 Å². The Hall–Kier alpha value is -3.67. The second kappa shape index (κ2) is 14.5. The lowest BCUT2D eigenvalue weighted by Gasteiger charge is -2.30. The largest absolute Gasteiger partial charge is 0.491 e. The Kier molecular flexibility index (Phi) is 11.7. The maximum absolute atomic E-state index is 13.2. The highest BCUT2D eigenvalue weighted by atomic mass is 16.5. The van der Waals surface area contributed by atoms with Gasteiger partial charge in [-0.05, 0) is 59.0 Å². The van der Waals surface area contributed by atoms with Gasteiger partial charge in [-0.3, -0.25) is 24.0 Å². The van der Waals surface area contributed by atoms with Crippen LogP contribution in [-0.4, -0.2) is 92.4 Å². The molecule has 12 nitrogen and oxygen atoms in total. The average Bonchev–Trinajstić information content (AvgIpc) is 2.85. The highest BCUT2D eigenvalue weighted by Gasteiger charge is 2.35. The number of carbonyl (C=O) groups excluding carboxylic acids is 5. The SMILES string of the molecule is CC(C)[C@H]1NC(=O)C(C)(C)NC(=O)C[C@@H](C(=O)NCCCN(C)C)NC(=O)c2ccccc2OCCNC1=O. The highest BCUT2D eigenvalue weighted by molar-refractivity contribution is 6.01. The van der Waals surface area contributed by atoms with Gasteiger partial charge in [0.15, 0.2) is 0 Å². The minimum atomic E-state index is -1.40. The second-order valence-electron chi connectivity index (χ2n) is 10.7. The molecule has 0 aromatic heterocycles. The summed E-state index contributed by atoms with van der Waals surface area (Å²) in [7, 11) is 3.84. The van der Waals surface area contributed by atoms with Gasteiger partial charge in [0.1, 0.15) is 30.0 Å². The molecule has 5 N–H and O–H groups in total. The number of nitrogens with zero attached hydrogens (tertiary/aromatic N) is 1. The van der Waals surface area contributed by atoms with Gasteiger partial charge in [0.05, 0.1) is 18.5 Å². The van der Waals surface area contributed by atoms with E-state index in [4.69, 9.17) is 4.74 Å². The fraction of sp³-hybridized carbons (Fsp3) is 0.593. The minimum Gasteiger partial charge on any atom is -0.491 e. The Morgan fingerprint density at radius 1 is 1.13 bits per heavy atom. The molecule has 0 spiro atoms. The van der Waals surface area contributed by atoms with Crippen molar-refractivity contribution in [2.75, 3.05) is 40.3 Å². The van der Waals surface area contributed by atoms with Crippen LogP contribution in [0.25, 0.3) is 0 Å². The fourth-order valence-corrected chi connectivity index (χ4v) is 3.90. The Bertz CT molecular complexity index is 1040. The molecule has 0 radical (unpaired) electrons. The summed E-state index contributed by atoms with van der Waals surface area (Å²) in [6.07, 6.45) is 0.276. The molecular formula is C27H42N6O6. The van der Waals surface area contributed by atoms with Crippen LogP contribution in [-0.2, 0) is 19.2 Å². The quantitative estimate of drug-likeness (QED) is 0.309. The number of carbonyl (C=O) groups is 5. The van der Waals surface area contributed by atoms with Crippen LogP contribution >= 0.6 is 0 Å². The van der Waals surface area contributed by atoms with Crippen LogP contribution < -0.4 is 31.3 Å². The summed E-state index contributed by atoms with van der Waals surface area (Å²) in [6.45, 7) is 7.90. The predicted molar refractivity (Wildman–Crippen MR) is 146 cm³/mol. The maximum atomic E-state index is 13.2. The minimum absolute atomic E-state index is 0.0656. The van der Waals surface area contributed by atoms with E-state index < -0.39 is 53.6 Å². The lowest BCUT2D eigenvalue weighted by Crippen LogP contribution is -2.60. The lowest BCUT2D eigenvalue weighted by molar-refractivity contribution is -0.136. The van der Waals surface area contributed by atoms with Crippen molar-refractivity contribution in [1.29, 1.82) is 0 Å². The molecule has 1 aromatic carbocycles. The summed E-state index contributed by atoms with van der Waals surface area (Å²) in [4.78, 5) is 67.1. The van der Waals surface area contributed by atoms with Crippen LogP contribution in [0.4, 0.5) is 0 Å². The number of para-hydroxylation sites is 1. The molecule has 39 heavy (non-hydrogen) atoms. The first-order valence-electron chi connectivity index (χ1n) is 13.2. The molecule has 5 amide bonds. The summed E-state index contributed by atoms with van der Waals surface area (Å²) in [6, 6.07) is 4.45. The lowest BCUT2D eigenvalue weighted by atomic mass is 9.99. The van der Waals surface area contributed by atoms with E-state index in [1.165, 1.54) is 13.8 Å². The van der Waals surface area contributed by atoms with E-state index in [0.29, 0.717) is 13.0 Å². The highest BCUT2D eigenvalue weighted by Crippen LogP contribution is 2.18. The van der Waals surface area contributed by atoms with Crippen LogP contribution in [0, 0.1) is 5.92 Å². The molecule has 1 aliphatic rings. The van der Waals surface area contributed by atoms with Gasteiger partial charge >= 0.3 is 0 Å². The zero-order valence-electron chi connectivity index (χ0n) is 23.7. The van der Waals surface area contributed by atoms with Crippen molar-refractivity contribution in [3.05, 3.63) is 29.8 Å². The van der Waals surface area contributed by atoms with E-state index in [1.807, 2.05) is 19.0 Å².